The molecule has 3 aromatic rings. The van der Waals surface area contributed by atoms with E-state index >= 15 is 0 Å². The first kappa shape index (κ1) is 27.7. The number of ether oxygens (including phenoxy) is 2. The van der Waals surface area contributed by atoms with Gasteiger partial charge < -0.3 is 25.4 Å². The third-order valence-electron chi connectivity index (χ3n) is 6.10. The fraction of sp³-hybridized carbons (Fsp3) is 0.241. The van der Waals surface area contributed by atoms with Crippen LogP contribution in [0.4, 0.5) is 5.69 Å². The van der Waals surface area contributed by atoms with Crippen molar-refractivity contribution in [1.29, 1.82) is 5.26 Å². The van der Waals surface area contributed by atoms with Gasteiger partial charge in [0.25, 0.3) is 5.91 Å². The average Bonchev–Trinajstić information content (AvgIpc) is 2.93. The lowest BCUT2D eigenvalue weighted by Crippen LogP contribution is -2.32. The number of allylic oxidation sites excluding steroid dienone is 1. The van der Waals surface area contributed by atoms with Gasteiger partial charge in [0, 0.05) is 35.3 Å². The molecule has 1 aliphatic rings. The number of carbonyl (C=O) groups excluding carboxylic acids is 1. The average molecular weight is 543 g/mol. The smallest absolute Gasteiger partial charge is 0.255 e. The van der Waals surface area contributed by atoms with Gasteiger partial charge in [-0.3, -0.25) is 4.79 Å². The summed E-state index contributed by atoms with van der Waals surface area (Å²) in [5.41, 5.74) is 4.58. The molecule has 4 rings (SSSR count). The molecular weight excluding hydrogens is 512 g/mol. The topological polar surface area (TPSA) is 121 Å². The van der Waals surface area contributed by atoms with Gasteiger partial charge in [0.1, 0.15) is 28.6 Å². The number of nitriles is 1. The molecule has 10 heteroatoms. The molecule has 1 aliphatic heterocycles. The van der Waals surface area contributed by atoms with Crippen molar-refractivity contribution in [1.82, 2.24) is 15.6 Å². The predicted octanol–water partition coefficient (Wildman–Crippen LogP) is 4.70. The zero-order valence-corrected chi connectivity index (χ0v) is 23.3. The summed E-state index contributed by atoms with van der Waals surface area (Å²) in [6.45, 7) is 4.26. The van der Waals surface area contributed by atoms with E-state index in [9.17, 15) is 10.1 Å². The Morgan fingerprint density at radius 1 is 1.13 bits per heavy atom. The first-order valence-corrected chi connectivity index (χ1v) is 13.1. The second-order valence-corrected chi connectivity index (χ2v) is 9.75. The Balaban J connectivity index is 1.79. The highest BCUT2D eigenvalue weighted by Crippen LogP contribution is 2.40. The number of methoxy groups -OCH3 is 2. The monoisotopic (exact) mass is 542 g/mol. The molecule has 2 heterocycles. The maximum Gasteiger partial charge on any atom is 0.255 e. The van der Waals surface area contributed by atoms with Crippen molar-refractivity contribution in [2.45, 2.75) is 31.5 Å². The highest BCUT2D eigenvalue weighted by Gasteiger charge is 2.32. The number of anilines is 1. The van der Waals surface area contributed by atoms with Gasteiger partial charge in [-0.15, -0.1) is 0 Å². The number of aliphatic imine (C=N–C) groups is 1. The van der Waals surface area contributed by atoms with Crippen molar-refractivity contribution in [2.24, 2.45) is 4.99 Å². The van der Waals surface area contributed by atoms with Gasteiger partial charge in [-0.1, -0.05) is 18.2 Å². The van der Waals surface area contributed by atoms with Crippen LogP contribution in [0.15, 0.2) is 75.9 Å². The van der Waals surface area contributed by atoms with E-state index in [1.165, 1.54) is 11.8 Å². The van der Waals surface area contributed by atoms with Crippen LogP contribution in [0.5, 0.6) is 11.5 Å². The van der Waals surface area contributed by atoms with Gasteiger partial charge in [-0.05, 0) is 68.6 Å². The van der Waals surface area contributed by atoms with E-state index in [4.69, 9.17) is 14.5 Å². The van der Waals surface area contributed by atoms with Gasteiger partial charge in [0.05, 0.1) is 25.4 Å². The quantitative estimate of drug-likeness (QED) is 0.375. The number of aromatic nitrogens is 1. The normalized spacial score (nSPS) is 14.7. The van der Waals surface area contributed by atoms with E-state index in [1.807, 2.05) is 69.4 Å². The Morgan fingerprint density at radius 3 is 2.56 bits per heavy atom. The number of amides is 1. The fourth-order valence-corrected chi connectivity index (χ4v) is 5.32. The molecule has 1 aromatic heterocycles. The summed E-state index contributed by atoms with van der Waals surface area (Å²) < 4.78 is 11.1. The minimum Gasteiger partial charge on any atom is -0.497 e. The number of nitrogens with one attached hydrogen (secondary N) is 3. The van der Waals surface area contributed by atoms with Crippen LogP contribution in [0, 0.1) is 18.3 Å². The Labute approximate surface area is 232 Å². The molecule has 1 amide bonds. The summed E-state index contributed by atoms with van der Waals surface area (Å²) in [7, 11) is 4.98. The molecule has 0 saturated carbocycles. The molecule has 0 bridgehead atoms. The van der Waals surface area contributed by atoms with Gasteiger partial charge in [0.15, 0.2) is 5.17 Å². The molecule has 0 spiro atoms. The third kappa shape index (κ3) is 6.22. The standard InChI is InChI=1S/C29H30N6O3S/c1-17-13-19(16-31-3)23(15-30)28(32-17)39-29-33-18(2)25(27(36)34-20-9-7-6-8-10-20)26(35-29)22-12-11-21(37-4)14-24(22)38-5/h6-14,26,31H,16H2,1-5H3,(H,33,35)(H,34,36)/t26-/m1/s1. The first-order chi connectivity index (χ1) is 18.9. The van der Waals surface area contributed by atoms with Gasteiger partial charge >= 0.3 is 0 Å². The maximum absolute atomic E-state index is 13.6. The van der Waals surface area contributed by atoms with E-state index in [-0.39, 0.29) is 5.91 Å². The molecule has 200 valence electrons. The molecule has 0 radical (unpaired) electrons. The van der Waals surface area contributed by atoms with E-state index in [2.05, 4.69) is 27.0 Å². The SMILES string of the molecule is CNCc1cc(C)nc(SC2=N[C@H](c3ccc(OC)cc3OC)C(C(=O)Nc3ccccc3)=C(C)N2)c1C#N. The maximum atomic E-state index is 13.6. The van der Waals surface area contributed by atoms with E-state index in [0.717, 1.165) is 11.3 Å². The van der Waals surface area contributed by atoms with Gasteiger partial charge in [-0.2, -0.15) is 5.26 Å². The largest absolute Gasteiger partial charge is 0.497 e. The summed E-state index contributed by atoms with van der Waals surface area (Å²) in [5, 5.41) is 20.3. The van der Waals surface area contributed by atoms with Crippen molar-refractivity contribution in [3.8, 4) is 17.6 Å². The Hall–Kier alpha value is -4.33. The number of hydrogen-bond acceptors (Lipinski definition) is 9. The molecule has 39 heavy (non-hydrogen) atoms. The third-order valence-corrected chi connectivity index (χ3v) is 6.99. The molecule has 0 unspecified atom stereocenters. The van der Waals surface area contributed by atoms with E-state index < -0.39 is 6.04 Å². The van der Waals surface area contributed by atoms with Crippen LogP contribution in [0.1, 0.15) is 35.3 Å². The van der Waals surface area contributed by atoms with E-state index in [1.54, 1.807) is 20.3 Å². The Morgan fingerprint density at radius 2 is 1.90 bits per heavy atom. The van der Waals surface area contributed by atoms with Crippen LogP contribution >= 0.6 is 11.8 Å². The first-order valence-electron chi connectivity index (χ1n) is 12.3. The Bertz CT molecular complexity index is 1480. The van der Waals surface area contributed by atoms with Crippen molar-refractivity contribution in [3.05, 3.63) is 88.3 Å². The van der Waals surface area contributed by atoms with Crippen molar-refractivity contribution in [2.75, 3.05) is 26.6 Å². The number of hydrogen-bond donors (Lipinski definition) is 3. The zero-order chi connectivity index (χ0) is 27.9. The van der Waals surface area contributed by atoms with Gasteiger partial charge in [-0.25, -0.2) is 9.98 Å². The number of rotatable bonds is 8. The minimum atomic E-state index is -0.689. The molecule has 9 nitrogen and oxygen atoms in total. The molecule has 0 fully saturated rings. The molecular formula is C29H30N6O3S. The molecule has 2 aromatic carbocycles. The van der Waals surface area contributed by atoms with Crippen LogP contribution in [0.25, 0.3) is 0 Å². The summed E-state index contributed by atoms with van der Waals surface area (Å²) in [4.78, 5) is 23.2. The number of amidine groups is 1. The van der Waals surface area contributed by atoms with E-state index in [0.29, 0.717) is 56.3 Å². The second-order valence-electron chi connectivity index (χ2n) is 8.78. The van der Waals surface area contributed by atoms with Gasteiger partial charge in [0.2, 0.25) is 0 Å². The summed E-state index contributed by atoms with van der Waals surface area (Å²) in [5.74, 6) is 0.873. The second kappa shape index (κ2) is 12.5. The molecule has 3 N–H and O–H groups in total. The summed E-state index contributed by atoms with van der Waals surface area (Å²) >= 11 is 1.26. The lowest BCUT2D eigenvalue weighted by Gasteiger charge is -2.27. The fourth-order valence-electron chi connectivity index (χ4n) is 4.31. The number of carbonyl (C=O) groups is 1. The van der Waals surface area contributed by atoms with Crippen LogP contribution in [0.2, 0.25) is 0 Å². The van der Waals surface area contributed by atoms with Crippen LogP contribution in [-0.2, 0) is 11.3 Å². The number of para-hydroxylation sites is 1. The predicted molar refractivity (Wildman–Crippen MR) is 153 cm³/mol. The number of aryl methyl sites for hydroxylation is 1. The number of thioether (sulfide) groups is 1. The summed E-state index contributed by atoms with van der Waals surface area (Å²) in [6, 6.07) is 18.2. The van der Waals surface area contributed by atoms with Crippen molar-refractivity contribution < 1.29 is 14.3 Å². The zero-order valence-electron chi connectivity index (χ0n) is 22.5. The van der Waals surface area contributed by atoms with Crippen LogP contribution in [0.3, 0.4) is 0 Å². The number of pyridine rings is 1. The summed E-state index contributed by atoms with van der Waals surface area (Å²) in [6.07, 6.45) is 0. The minimum absolute atomic E-state index is 0.287. The lowest BCUT2D eigenvalue weighted by atomic mass is 9.95. The van der Waals surface area contributed by atoms with Crippen molar-refractivity contribution in [3.63, 3.8) is 0 Å². The number of nitrogens with zero attached hydrogens (tertiary/aromatic N) is 3. The van der Waals surface area contributed by atoms with Crippen molar-refractivity contribution >= 4 is 28.5 Å². The molecule has 0 saturated heterocycles. The number of benzene rings is 2. The Kier molecular flexibility index (Phi) is 8.86. The highest BCUT2D eigenvalue weighted by molar-refractivity contribution is 8.13. The molecule has 0 aliphatic carbocycles. The van der Waals surface area contributed by atoms with Crippen LogP contribution < -0.4 is 25.4 Å². The highest BCUT2D eigenvalue weighted by atomic mass is 32.2. The van der Waals surface area contributed by atoms with Crippen LogP contribution in [-0.4, -0.2) is 37.3 Å². The lowest BCUT2D eigenvalue weighted by molar-refractivity contribution is -0.113. The molecule has 1 atom stereocenters.